The molecule has 6 heteroatoms. The summed E-state index contributed by atoms with van der Waals surface area (Å²) < 4.78 is 6.71. The van der Waals surface area contributed by atoms with Gasteiger partial charge < -0.3 is 4.57 Å². The molecule has 57 heavy (non-hydrogen) atoms. The summed E-state index contributed by atoms with van der Waals surface area (Å²) in [7, 11) is 0. The number of aromatic nitrogens is 6. The number of fused-ring (bicyclic) bond motifs is 9. The van der Waals surface area contributed by atoms with Crippen LogP contribution < -0.4 is 0 Å². The number of hydrogen-bond acceptors (Lipinski definition) is 3. The van der Waals surface area contributed by atoms with Crippen LogP contribution in [-0.4, -0.2) is 28.7 Å². The van der Waals surface area contributed by atoms with Crippen molar-refractivity contribution in [2.45, 2.75) is 0 Å². The molecule has 0 spiro atoms. The molecular weight excluding hydrogens is 697 g/mol. The lowest BCUT2D eigenvalue weighted by atomic mass is 10.0. The second-order valence-corrected chi connectivity index (χ2v) is 14.5. The minimum Gasteiger partial charge on any atom is -0.309 e. The third kappa shape index (κ3) is 4.81. The number of rotatable bonds is 5. The topological polar surface area (TPSA) is 53.5 Å². The Labute approximate surface area is 327 Å². The van der Waals surface area contributed by atoms with Crippen molar-refractivity contribution in [1.82, 2.24) is 28.7 Å². The quantitative estimate of drug-likeness (QED) is 0.177. The predicted molar refractivity (Wildman–Crippen MR) is 234 cm³/mol. The van der Waals surface area contributed by atoms with Crippen LogP contribution in [0.25, 0.3) is 106 Å². The van der Waals surface area contributed by atoms with E-state index in [-0.39, 0.29) is 0 Å². The van der Waals surface area contributed by atoms with E-state index in [1.54, 1.807) is 0 Å². The van der Waals surface area contributed by atoms with Gasteiger partial charge in [-0.3, -0.25) is 9.13 Å². The van der Waals surface area contributed by atoms with Crippen LogP contribution in [0.3, 0.4) is 0 Å². The fourth-order valence-electron chi connectivity index (χ4n) is 8.82. The Morgan fingerprint density at radius 1 is 0.263 bits per heavy atom. The van der Waals surface area contributed by atoms with E-state index in [4.69, 9.17) is 15.0 Å². The van der Waals surface area contributed by atoms with Gasteiger partial charge in [-0.2, -0.15) is 15.0 Å². The molecule has 0 saturated heterocycles. The van der Waals surface area contributed by atoms with Gasteiger partial charge in [0.25, 0.3) is 0 Å². The molecule has 0 atom stereocenters. The maximum absolute atomic E-state index is 5.32. The number of benzene rings is 8. The summed E-state index contributed by atoms with van der Waals surface area (Å²) in [4.78, 5) is 15.9. The van der Waals surface area contributed by atoms with Crippen LogP contribution in [0.1, 0.15) is 0 Å². The molecule has 0 aliphatic heterocycles. The standard InChI is InChI=1S/C51H32N6/c1-7-25-43-37(19-1)38-20-2-8-26-44(38)55(43)36-18-14-16-34(32-36)33-15-13-17-35(31-33)49-52-50(56-45-27-9-3-21-39(45)40-22-4-10-28-46(40)56)54-51(53-49)57-47-29-11-5-23-41(47)42-24-6-12-30-48(42)57/h1-32H. The summed E-state index contributed by atoms with van der Waals surface area (Å²) in [6.07, 6.45) is 0. The van der Waals surface area contributed by atoms with Gasteiger partial charge in [0.05, 0.1) is 33.1 Å². The smallest absolute Gasteiger partial charge is 0.240 e. The highest BCUT2D eigenvalue weighted by atomic mass is 15.3. The minimum absolute atomic E-state index is 0.563. The molecule has 0 fully saturated rings. The van der Waals surface area contributed by atoms with Crippen LogP contribution in [0.5, 0.6) is 0 Å². The SMILES string of the molecule is c1cc(-c2cccc(-n3c4ccccc4c4ccccc43)c2)cc(-c2nc(-n3c4ccccc4c4ccccc43)nc(-n3c4ccccc4c4ccccc43)n2)c1. The molecule has 0 aliphatic carbocycles. The molecule has 4 aromatic heterocycles. The zero-order chi connectivity index (χ0) is 37.5. The lowest BCUT2D eigenvalue weighted by molar-refractivity contribution is 0.893. The second-order valence-electron chi connectivity index (χ2n) is 14.5. The molecule has 0 radical (unpaired) electrons. The van der Waals surface area contributed by atoms with Crippen molar-refractivity contribution < 1.29 is 0 Å². The van der Waals surface area contributed by atoms with Crippen molar-refractivity contribution in [3.05, 3.63) is 194 Å². The Bertz CT molecular complexity index is 3260. The van der Waals surface area contributed by atoms with Crippen LogP contribution in [0.2, 0.25) is 0 Å². The minimum atomic E-state index is 0.563. The van der Waals surface area contributed by atoms with Crippen molar-refractivity contribution in [3.8, 4) is 40.1 Å². The van der Waals surface area contributed by atoms with Gasteiger partial charge in [-0.1, -0.05) is 140 Å². The molecule has 0 N–H and O–H groups in total. The molecule has 0 saturated carbocycles. The van der Waals surface area contributed by atoms with Gasteiger partial charge in [0.2, 0.25) is 11.9 Å². The van der Waals surface area contributed by atoms with E-state index in [2.05, 4.69) is 208 Å². The third-order valence-electron chi connectivity index (χ3n) is 11.3. The van der Waals surface area contributed by atoms with Crippen molar-refractivity contribution in [3.63, 3.8) is 0 Å². The van der Waals surface area contributed by atoms with E-state index in [9.17, 15) is 0 Å². The van der Waals surface area contributed by atoms with E-state index in [0.29, 0.717) is 17.7 Å². The van der Waals surface area contributed by atoms with E-state index >= 15 is 0 Å². The van der Waals surface area contributed by atoms with E-state index in [0.717, 1.165) is 66.0 Å². The largest absolute Gasteiger partial charge is 0.309 e. The van der Waals surface area contributed by atoms with Crippen LogP contribution in [0.4, 0.5) is 0 Å². The summed E-state index contributed by atoms with van der Waals surface area (Å²) in [6, 6.07) is 68.5. The summed E-state index contributed by atoms with van der Waals surface area (Å²) in [5, 5.41) is 7.09. The van der Waals surface area contributed by atoms with Gasteiger partial charge in [-0.05, 0) is 65.7 Å². The highest BCUT2D eigenvalue weighted by Gasteiger charge is 2.21. The molecule has 0 amide bonds. The van der Waals surface area contributed by atoms with Crippen molar-refractivity contribution in [1.29, 1.82) is 0 Å². The van der Waals surface area contributed by atoms with Crippen LogP contribution in [-0.2, 0) is 0 Å². The molecule has 0 aliphatic rings. The molecule has 6 nitrogen and oxygen atoms in total. The second kappa shape index (κ2) is 12.3. The maximum atomic E-state index is 5.32. The average Bonchev–Trinajstić information content (AvgIpc) is 3.92. The van der Waals surface area contributed by atoms with Gasteiger partial charge in [0.15, 0.2) is 5.82 Å². The lowest BCUT2D eigenvalue weighted by Crippen LogP contribution is -2.10. The van der Waals surface area contributed by atoms with Gasteiger partial charge in [0.1, 0.15) is 0 Å². The van der Waals surface area contributed by atoms with Crippen LogP contribution in [0, 0.1) is 0 Å². The summed E-state index contributed by atoms with van der Waals surface area (Å²) in [6.45, 7) is 0. The third-order valence-corrected chi connectivity index (χ3v) is 11.3. The molecule has 8 aromatic carbocycles. The first-order valence-corrected chi connectivity index (χ1v) is 19.2. The fraction of sp³-hybridized carbons (Fsp3) is 0. The van der Waals surface area contributed by atoms with Gasteiger partial charge in [0, 0.05) is 43.6 Å². The summed E-state index contributed by atoms with van der Waals surface area (Å²) in [5.41, 5.74) is 10.7. The number of nitrogens with zero attached hydrogens (tertiary/aromatic N) is 6. The van der Waals surface area contributed by atoms with E-state index in [1.807, 2.05) is 0 Å². The van der Waals surface area contributed by atoms with Gasteiger partial charge in [-0.25, -0.2) is 0 Å². The van der Waals surface area contributed by atoms with Crippen LogP contribution >= 0.6 is 0 Å². The average molecular weight is 729 g/mol. The van der Waals surface area contributed by atoms with Gasteiger partial charge in [-0.15, -0.1) is 0 Å². The van der Waals surface area contributed by atoms with Crippen molar-refractivity contribution in [2.24, 2.45) is 0 Å². The molecule has 4 heterocycles. The van der Waals surface area contributed by atoms with Gasteiger partial charge >= 0.3 is 0 Å². The molecule has 0 bridgehead atoms. The molecule has 12 aromatic rings. The lowest BCUT2D eigenvalue weighted by Gasteiger charge is -2.13. The molecule has 266 valence electrons. The first-order valence-electron chi connectivity index (χ1n) is 19.2. The first kappa shape index (κ1) is 31.5. The molecule has 0 unspecified atom stereocenters. The highest BCUT2D eigenvalue weighted by molar-refractivity contribution is 6.11. The van der Waals surface area contributed by atoms with Crippen molar-refractivity contribution in [2.75, 3.05) is 0 Å². The predicted octanol–water partition coefficient (Wildman–Crippen LogP) is 12.5. The number of hydrogen-bond donors (Lipinski definition) is 0. The normalized spacial score (nSPS) is 11.9. The Kier molecular flexibility index (Phi) is 6.83. The fourth-order valence-corrected chi connectivity index (χ4v) is 8.82. The monoisotopic (exact) mass is 728 g/mol. The Balaban J connectivity index is 1.08. The van der Waals surface area contributed by atoms with E-state index < -0.39 is 0 Å². The zero-order valence-corrected chi connectivity index (χ0v) is 30.7. The molecular formula is C51H32N6. The zero-order valence-electron chi connectivity index (χ0n) is 30.7. The molecule has 12 rings (SSSR count). The van der Waals surface area contributed by atoms with Crippen LogP contribution in [0.15, 0.2) is 194 Å². The Morgan fingerprint density at radius 2 is 0.596 bits per heavy atom. The summed E-state index contributed by atoms with van der Waals surface area (Å²) in [5.74, 6) is 1.72. The van der Waals surface area contributed by atoms with Crippen molar-refractivity contribution >= 4 is 65.4 Å². The number of para-hydroxylation sites is 6. The Morgan fingerprint density at radius 3 is 1.02 bits per heavy atom. The Hall–Kier alpha value is -7.83. The first-order chi connectivity index (χ1) is 28.3. The summed E-state index contributed by atoms with van der Waals surface area (Å²) >= 11 is 0. The maximum Gasteiger partial charge on any atom is 0.240 e. The highest BCUT2D eigenvalue weighted by Crippen LogP contribution is 2.36. The van der Waals surface area contributed by atoms with E-state index in [1.165, 1.54) is 21.8 Å².